The third kappa shape index (κ3) is 4.83. The number of aliphatic hydroxyl groups is 1. The molecule has 1 atom stereocenters. The van der Waals surface area contributed by atoms with Crippen molar-refractivity contribution >= 4 is 16.1 Å². The van der Waals surface area contributed by atoms with E-state index < -0.39 is 22.3 Å². The summed E-state index contributed by atoms with van der Waals surface area (Å²) < 4.78 is 26.4. The third-order valence-corrected chi connectivity index (χ3v) is 4.49. The minimum Gasteiger partial charge on any atom is -0.370 e. The van der Waals surface area contributed by atoms with Crippen LogP contribution in [0.1, 0.15) is 11.1 Å². The molecule has 0 bridgehead atoms. The molecule has 0 radical (unpaired) electrons. The number of aliphatic hydroxyl groups excluding tert-OH is 1. The number of carbonyl (C=O) groups is 1. The molecule has 0 fully saturated rings. The number of urea groups is 1. The summed E-state index contributed by atoms with van der Waals surface area (Å²) in [5, 5.41) is 11.5. The van der Waals surface area contributed by atoms with Gasteiger partial charge >= 0.3 is 6.03 Å². The second-order valence-electron chi connectivity index (χ2n) is 5.07. The van der Waals surface area contributed by atoms with Gasteiger partial charge in [0.15, 0.2) is 0 Å². The Morgan fingerprint density at radius 2 is 2.00 bits per heavy atom. The largest absolute Gasteiger partial charge is 0.370 e. The molecule has 1 aromatic carbocycles. The molecule has 0 aromatic heterocycles. The molecule has 0 spiro atoms. The molecule has 2 amide bonds. The number of carbonyl (C=O) groups excluding carboxylic acids is 1. The average Bonchev–Trinajstić information content (AvgIpc) is 2.43. The van der Waals surface area contributed by atoms with Gasteiger partial charge in [-0.1, -0.05) is 29.8 Å². The zero-order valence-electron chi connectivity index (χ0n) is 12.2. The van der Waals surface area contributed by atoms with Gasteiger partial charge in [0.1, 0.15) is 6.23 Å². The monoisotopic (exact) mass is 325 g/mol. The predicted molar refractivity (Wildman–Crippen MR) is 82.2 cm³/mol. The highest BCUT2D eigenvalue weighted by Gasteiger charge is 2.18. The van der Waals surface area contributed by atoms with Gasteiger partial charge in [-0.25, -0.2) is 17.9 Å². The van der Waals surface area contributed by atoms with Crippen LogP contribution < -0.4 is 10.0 Å². The minimum atomic E-state index is -3.46. The normalized spacial score (nSPS) is 18.4. The van der Waals surface area contributed by atoms with E-state index in [0.29, 0.717) is 5.56 Å². The Labute approximate surface area is 129 Å². The van der Waals surface area contributed by atoms with E-state index in [0.717, 1.165) is 5.56 Å². The maximum atomic E-state index is 12.0. The zero-order valence-corrected chi connectivity index (χ0v) is 13.0. The van der Waals surface area contributed by atoms with Crippen LogP contribution in [0.5, 0.6) is 0 Å². The summed E-state index contributed by atoms with van der Waals surface area (Å²) in [5.74, 6) is -0.103. The Balaban J connectivity index is 1.84. The van der Waals surface area contributed by atoms with Crippen LogP contribution in [-0.2, 0) is 15.8 Å². The SMILES string of the molecule is Cc1ccc(CS(=O)(=O)NCCN2C=CC(O)NC2=O)cc1. The predicted octanol–water partition coefficient (Wildman–Crippen LogP) is 0.272. The Kier molecular flexibility index (Phi) is 5.17. The van der Waals surface area contributed by atoms with Gasteiger partial charge in [-0.05, 0) is 18.6 Å². The van der Waals surface area contributed by atoms with Crippen LogP contribution in [0.15, 0.2) is 36.5 Å². The summed E-state index contributed by atoms with van der Waals surface area (Å²) in [6.45, 7) is 2.22. The van der Waals surface area contributed by atoms with Crippen molar-refractivity contribution in [1.29, 1.82) is 0 Å². The molecule has 7 nitrogen and oxygen atoms in total. The number of rotatable bonds is 6. The molecule has 0 saturated carbocycles. The first-order valence-electron chi connectivity index (χ1n) is 6.82. The van der Waals surface area contributed by atoms with Crippen molar-refractivity contribution in [2.45, 2.75) is 18.9 Å². The molecule has 1 aromatic rings. The molecule has 2 rings (SSSR count). The number of nitrogens with zero attached hydrogens (tertiary/aromatic N) is 1. The first-order chi connectivity index (χ1) is 10.4. The van der Waals surface area contributed by atoms with Gasteiger partial charge in [0, 0.05) is 19.3 Å². The number of hydrogen-bond acceptors (Lipinski definition) is 4. The van der Waals surface area contributed by atoms with E-state index in [1.54, 1.807) is 12.1 Å². The van der Waals surface area contributed by atoms with E-state index in [1.807, 2.05) is 19.1 Å². The zero-order chi connectivity index (χ0) is 16.2. The number of nitrogens with one attached hydrogen (secondary N) is 2. The van der Waals surface area contributed by atoms with Crippen LogP contribution in [0.2, 0.25) is 0 Å². The van der Waals surface area contributed by atoms with Gasteiger partial charge in [-0.15, -0.1) is 0 Å². The van der Waals surface area contributed by atoms with Crippen LogP contribution in [-0.4, -0.2) is 43.8 Å². The van der Waals surface area contributed by atoms with Gasteiger partial charge in [-0.3, -0.25) is 4.90 Å². The van der Waals surface area contributed by atoms with Crippen molar-refractivity contribution in [1.82, 2.24) is 14.9 Å². The fourth-order valence-corrected chi connectivity index (χ4v) is 3.10. The molecule has 3 N–H and O–H groups in total. The summed E-state index contributed by atoms with van der Waals surface area (Å²) in [5.41, 5.74) is 1.77. The Morgan fingerprint density at radius 1 is 1.32 bits per heavy atom. The van der Waals surface area contributed by atoms with E-state index in [1.165, 1.54) is 17.2 Å². The minimum absolute atomic E-state index is 0.0993. The van der Waals surface area contributed by atoms with Crippen LogP contribution in [0.4, 0.5) is 4.79 Å². The smallest absolute Gasteiger partial charge is 0.323 e. The molecule has 1 unspecified atom stereocenters. The first kappa shape index (κ1) is 16.5. The van der Waals surface area contributed by atoms with E-state index in [-0.39, 0.29) is 18.8 Å². The summed E-state index contributed by atoms with van der Waals surface area (Å²) in [6.07, 6.45) is 1.84. The van der Waals surface area contributed by atoms with Crippen molar-refractivity contribution in [3.63, 3.8) is 0 Å². The number of sulfonamides is 1. The van der Waals surface area contributed by atoms with E-state index in [4.69, 9.17) is 0 Å². The molecule has 8 heteroatoms. The molecule has 0 aliphatic carbocycles. The fraction of sp³-hybridized carbons (Fsp3) is 0.357. The highest BCUT2D eigenvalue weighted by molar-refractivity contribution is 7.88. The summed E-state index contributed by atoms with van der Waals surface area (Å²) in [4.78, 5) is 12.8. The van der Waals surface area contributed by atoms with E-state index >= 15 is 0 Å². The highest BCUT2D eigenvalue weighted by Crippen LogP contribution is 2.07. The molecule has 0 saturated heterocycles. The third-order valence-electron chi connectivity index (χ3n) is 3.13. The van der Waals surface area contributed by atoms with Crippen LogP contribution >= 0.6 is 0 Å². The molecule has 1 aliphatic heterocycles. The summed E-state index contributed by atoms with van der Waals surface area (Å²) in [6, 6.07) is 6.80. The summed E-state index contributed by atoms with van der Waals surface area (Å²) in [7, 11) is -3.46. The Bertz CT molecular complexity index is 655. The molecule has 1 heterocycles. The second kappa shape index (κ2) is 6.91. The lowest BCUT2D eigenvalue weighted by Crippen LogP contribution is -2.47. The standard InChI is InChI=1S/C14H19N3O4S/c1-11-2-4-12(5-3-11)10-22(20,21)15-7-9-17-8-6-13(18)16-14(17)19/h2-6,8,13,15,18H,7,9-10H2,1H3,(H,16,19). The summed E-state index contributed by atoms with van der Waals surface area (Å²) >= 11 is 0. The van der Waals surface area contributed by atoms with E-state index in [2.05, 4.69) is 10.0 Å². The van der Waals surface area contributed by atoms with Crippen molar-refractivity contribution in [2.75, 3.05) is 13.1 Å². The maximum absolute atomic E-state index is 12.0. The Hall–Kier alpha value is -1.90. The second-order valence-corrected chi connectivity index (χ2v) is 6.88. The molecular formula is C14H19N3O4S. The molecule has 120 valence electrons. The van der Waals surface area contributed by atoms with Gasteiger partial charge < -0.3 is 10.4 Å². The van der Waals surface area contributed by atoms with Gasteiger partial charge in [-0.2, -0.15) is 0 Å². The van der Waals surface area contributed by atoms with Crippen LogP contribution in [0.3, 0.4) is 0 Å². The van der Waals surface area contributed by atoms with E-state index in [9.17, 15) is 18.3 Å². The number of benzene rings is 1. The van der Waals surface area contributed by atoms with Crippen molar-refractivity contribution < 1.29 is 18.3 Å². The quantitative estimate of drug-likeness (QED) is 0.699. The average molecular weight is 325 g/mol. The lowest BCUT2D eigenvalue weighted by atomic mass is 10.2. The van der Waals surface area contributed by atoms with Crippen molar-refractivity contribution in [3.05, 3.63) is 47.7 Å². The Morgan fingerprint density at radius 3 is 2.64 bits per heavy atom. The van der Waals surface area contributed by atoms with Crippen LogP contribution in [0, 0.1) is 6.92 Å². The number of aryl methyl sites for hydroxylation is 1. The van der Waals surface area contributed by atoms with Gasteiger partial charge in [0.25, 0.3) is 0 Å². The van der Waals surface area contributed by atoms with Gasteiger partial charge in [0.05, 0.1) is 5.75 Å². The molecule has 1 aliphatic rings. The fourth-order valence-electron chi connectivity index (χ4n) is 1.96. The highest BCUT2D eigenvalue weighted by atomic mass is 32.2. The van der Waals surface area contributed by atoms with Crippen LogP contribution in [0.25, 0.3) is 0 Å². The molecule has 22 heavy (non-hydrogen) atoms. The van der Waals surface area contributed by atoms with Crippen molar-refractivity contribution in [2.24, 2.45) is 0 Å². The molecular weight excluding hydrogens is 306 g/mol. The first-order valence-corrected chi connectivity index (χ1v) is 8.47. The lowest BCUT2D eigenvalue weighted by molar-refractivity contribution is 0.153. The number of hydrogen-bond donors (Lipinski definition) is 3. The lowest BCUT2D eigenvalue weighted by Gasteiger charge is -2.24. The van der Waals surface area contributed by atoms with Crippen molar-refractivity contribution in [3.8, 4) is 0 Å². The topological polar surface area (TPSA) is 98.7 Å². The van der Waals surface area contributed by atoms with Gasteiger partial charge in [0.2, 0.25) is 10.0 Å². The number of amides is 2. The maximum Gasteiger partial charge on any atom is 0.323 e.